The summed E-state index contributed by atoms with van der Waals surface area (Å²) < 4.78 is 2.00. The third kappa shape index (κ3) is 2.60. The first kappa shape index (κ1) is 13.4. The molecule has 1 aliphatic heterocycles. The zero-order valence-corrected chi connectivity index (χ0v) is 12.4. The van der Waals surface area contributed by atoms with Crippen molar-refractivity contribution in [2.24, 2.45) is 5.92 Å². The number of benzene rings is 1. The van der Waals surface area contributed by atoms with Crippen LogP contribution in [0, 0.1) is 5.92 Å². The molecule has 1 saturated heterocycles. The minimum absolute atomic E-state index is 0.665. The lowest BCUT2D eigenvalue weighted by atomic mass is 9.95. The molecule has 2 aromatic heterocycles. The highest BCUT2D eigenvalue weighted by Gasteiger charge is 2.15. The van der Waals surface area contributed by atoms with Crippen molar-refractivity contribution < 1.29 is 0 Å². The third-order valence-electron chi connectivity index (χ3n) is 4.27. The summed E-state index contributed by atoms with van der Waals surface area (Å²) in [6, 6.07) is 8.09. The van der Waals surface area contributed by atoms with E-state index >= 15 is 0 Å². The molecule has 22 heavy (non-hydrogen) atoms. The van der Waals surface area contributed by atoms with Crippen LogP contribution in [0.1, 0.15) is 18.5 Å². The van der Waals surface area contributed by atoms with Gasteiger partial charge in [-0.15, -0.1) is 0 Å². The lowest BCUT2D eigenvalue weighted by Crippen LogP contribution is -2.31. The minimum Gasteiger partial charge on any atom is -0.316 e. The fraction of sp³-hybridized carbons (Fsp3) is 0.353. The molecule has 3 heterocycles. The molecule has 0 amide bonds. The zero-order chi connectivity index (χ0) is 14.8. The van der Waals surface area contributed by atoms with E-state index in [9.17, 15) is 0 Å². The van der Waals surface area contributed by atoms with Crippen molar-refractivity contribution in [2.75, 3.05) is 13.1 Å². The van der Waals surface area contributed by atoms with E-state index in [-0.39, 0.29) is 0 Å². The Kier molecular flexibility index (Phi) is 3.56. The average Bonchev–Trinajstić information content (AvgIpc) is 3.00. The van der Waals surface area contributed by atoms with E-state index in [0.717, 1.165) is 42.1 Å². The second-order valence-corrected chi connectivity index (χ2v) is 5.89. The summed E-state index contributed by atoms with van der Waals surface area (Å²) in [5, 5.41) is 3.46. The standard InChI is InChI=1S/C17H19N5/c1-2-6-16-15(5-1)20-12-22(16)17-11-19-10-14(21-17)8-13-4-3-7-18-9-13/h1-2,5-6,10-13,18H,3-4,7-9H2. The zero-order valence-electron chi connectivity index (χ0n) is 12.4. The molecule has 0 bridgehead atoms. The van der Waals surface area contributed by atoms with Crippen LogP contribution in [-0.4, -0.2) is 32.6 Å². The average molecular weight is 293 g/mol. The first-order chi connectivity index (χ1) is 10.9. The first-order valence-corrected chi connectivity index (χ1v) is 7.84. The summed E-state index contributed by atoms with van der Waals surface area (Å²) in [5.74, 6) is 1.51. The van der Waals surface area contributed by atoms with Gasteiger partial charge in [-0.3, -0.25) is 9.55 Å². The maximum Gasteiger partial charge on any atom is 0.157 e. The van der Waals surface area contributed by atoms with Crippen LogP contribution >= 0.6 is 0 Å². The predicted octanol–water partition coefficient (Wildman–Crippen LogP) is 2.36. The Hall–Kier alpha value is -2.27. The van der Waals surface area contributed by atoms with Crippen LogP contribution in [0.2, 0.25) is 0 Å². The van der Waals surface area contributed by atoms with Crippen molar-refractivity contribution in [3.05, 3.63) is 48.7 Å². The highest BCUT2D eigenvalue weighted by Crippen LogP contribution is 2.18. The molecule has 1 fully saturated rings. The Bertz CT molecular complexity index is 773. The maximum absolute atomic E-state index is 4.79. The molecular formula is C17H19N5. The number of fused-ring (bicyclic) bond motifs is 1. The van der Waals surface area contributed by atoms with E-state index in [1.807, 2.05) is 35.3 Å². The quantitative estimate of drug-likeness (QED) is 0.805. The first-order valence-electron chi connectivity index (χ1n) is 7.84. The molecule has 0 saturated carbocycles. The van der Waals surface area contributed by atoms with Crippen molar-refractivity contribution in [3.8, 4) is 5.82 Å². The number of hydrogen-bond donors (Lipinski definition) is 1. The maximum atomic E-state index is 4.79. The van der Waals surface area contributed by atoms with Gasteiger partial charge in [-0.05, 0) is 50.4 Å². The highest BCUT2D eigenvalue weighted by molar-refractivity contribution is 5.76. The van der Waals surface area contributed by atoms with Gasteiger partial charge in [0, 0.05) is 6.20 Å². The largest absolute Gasteiger partial charge is 0.316 e. The Balaban J connectivity index is 1.63. The lowest BCUT2D eigenvalue weighted by Gasteiger charge is -2.22. The van der Waals surface area contributed by atoms with Gasteiger partial charge in [0.1, 0.15) is 6.33 Å². The third-order valence-corrected chi connectivity index (χ3v) is 4.27. The van der Waals surface area contributed by atoms with E-state index in [0.29, 0.717) is 5.92 Å². The molecule has 0 aliphatic carbocycles. The van der Waals surface area contributed by atoms with Crippen molar-refractivity contribution in [1.82, 2.24) is 24.8 Å². The topological polar surface area (TPSA) is 55.6 Å². The van der Waals surface area contributed by atoms with Gasteiger partial charge in [-0.2, -0.15) is 0 Å². The van der Waals surface area contributed by atoms with E-state index in [2.05, 4.69) is 21.4 Å². The SMILES string of the molecule is c1ccc2c(c1)ncn2-c1cncc(CC2CCCNC2)n1. The summed E-state index contributed by atoms with van der Waals surface area (Å²) in [5.41, 5.74) is 3.10. The number of rotatable bonds is 3. The van der Waals surface area contributed by atoms with Crippen LogP contribution in [0.25, 0.3) is 16.9 Å². The lowest BCUT2D eigenvalue weighted by molar-refractivity contribution is 0.373. The van der Waals surface area contributed by atoms with Gasteiger partial charge in [-0.25, -0.2) is 9.97 Å². The normalized spacial score (nSPS) is 18.6. The molecule has 5 heteroatoms. The number of aromatic nitrogens is 4. The molecule has 1 aliphatic rings. The van der Waals surface area contributed by atoms with Gasteiger partial charge in [0.05, 0.1) is 22.9 Å². The molecule has 0 radical (unpaired) electrons. The molecule has 0 spiro atoms. The Morgan fingerprint density at radius 2 is 2.18 bits per heavy atom. The molecule has 112 valence electrons. The second-order valence-electron chi connectivity index (χ2n) is 5.89. The Labute approximate surface area is 129 Å². The molecule has 3 aromatic rings. The van der Waals surface area contributed by atoms with Crippen LogP contribution in [0.5, 0.6) is 0 Å². The van der Waals surface area contributed by atoms with E-state index < -0.39 is 0 Å². The fourth-order valence-electron chi connectivity index (χ4n) is 3.14. The Morgan fingerprint density at radius 1 is 1.23 bits per heavy atom. The monoisotopic (exact) mass is 293 g/mol. The molecule has 5 nitrogen and oxygen atoms in total. The highest BCUT2D eigenvalue weighted by atomic mass is 15.1. The predicted molar refractivity (Wildman–Crippen MR) is 86.0 cm³/mol. The van der Waals surface area contributed by atoms with Crippen molar-refractivity contribution in [1.29, 1.82) is 0 Å². The number of para-hydroxylation sites is 2. The van der Waals surface area contributed by atoms with Crippen molar-refractivity contribution in [3.63, 3.8) is 0 Å². The summed E-state index contributed by atoms with van der Waals surface area (Å²) in [4.78, 5) is 13.6. The summed E-state index contributed by atoms with van der Waals surface area (Å²) >= 11 is 0. The van der Waals surface area contributed by atoms with Gasteiger partial charge in [-0.1, -0.05) is 12.1 Å². The van der Waals surface area contributed by atoms with Crippen LogP contribution < -0.4 is 5.32 Å². The van der Waals surface area contributed by atoms with Gasteiger partial charge in [0.15, 0.2) is 5.82 Å². The van der Waals surface area contributed by atoms with Crippen LogP contribution in [0.3, 0.4) is 0 Å². The fourth-order valence-corrected chi connectivity index (χ4v) is 3.14. The van der Waals surface area contributed by atoms with Gasteiger partial charge >= 0.3 is 0 Å². The smallest absolute Gasteiger partial charge is 0.157 e. The molecule has 1 aromatic carbocycles. The van der Waals surface area contributed by atoms with E-state index in [1.54, 1.807) is 6.20 Å². The summed E-state index contributed by atoms with van der Waals surface area (Å²) in [6.07, 6.45) is 9.02. The van der Waals surface area contributed by atoms with Crippen molar-refractivity contribution >= 4 is 11.0 Å². The number of nitrogens with one attached hydrogen (secondary N) is 1. The van der Waals surface area contributed by atoms with Gasteiger partial charge in [0.2, 0.25) is 0 Å². The molecule has 4 rings (SSSR count). The van der Waals surface area contributed by atoms with E-state index in [4.69, 9.17) is 4.98 Å². The molecule has 1 N–H and O–H groups in total. The minimum atomic E-state index is 0.665. The van der Waals surface area contributed by atoms with Gasteiger partial charge in [0.25, 0.3) is 0 Å². The summed E-state index contributed by atoms with van der Waals surface area (Å²) in [6.45, 7) is 2.23. The van der Waals surface area contributed by atoms with Crippen LogP contribution in [-0.2, 0) is 6.42 Å². The second kappa shape index (κ2) is 5.85. The van der Waals surface area contributed by atoms with E-state index in [1.165, 1.54) is 12.8 Å². The molecule has 1 unspecified atom stereocenters. The number of imidazole rings is 1. The molecule has 1 atom stereocenters. The molecular weight excluding hydrogens is 274 g/mol. The van der Waals surface area contributed by atoms with Crippen LogP contribution in [0.15, 0.2) is 43.0 Å². The van der Waals surface area contributed by atoms with Crippen molar-refractivity contribution in [2.45, 2.75) is 19.3 Å². The van der Waals surface area contributed by atoms with Crippen LogP contribution in [0.4, 0.5) is 0 Å². The van der Waals surface area contributed by atoms with Gasteiger partial charge < -0.3 is 5.32 Å². The number of hydrogen-bond acceptors (Lipinski definition) is 4. The number of nitrogens with zero attached hydrogens (tertiary/aromatic N) is 4. The Morgan fingerprint density at radius 3 is 3.09 bits per heavy atom. The summed E-state index contributed by atoms with van der Waals surface area (Å²) in [7, 11) is 0. The number of piperidine rings is 1.